The van der Waals surface area contributed by atoms with Gasteiger partial charge < -0.3 is 5.11 Å². The number of carbonyl (C=O) groups excluding carboxylic acids is 1. The molecule has 1 aromatic rings. The molecular formula is C15H19F2NO2. The summed E-state index contributed by atoms with van der Waals surface area (Å²) >= 11 is 0. The first-order valence-electron chi connectivity index (χ1n) is 6.95. The third-order valence-electron chi connectivity index (χ3n) is 3.77. The third kappa shape index (κ3) is 3.61. The average molecular weight is 283 g/mol. The summed E-state index contributed by atoms with van der Waals surface area (Å²) in [5, 5.41) is 8.86. The van der Waals surface area contributed by atoms with Crippen molar-refractivity contribution in [1.29, 1.82) is 0 Å². The van der Waals surface area contributed by atoms with Gasteiger partial charge in [-0.1, -0.05) is 0 Å². The minimum absolute atomic E-state index is 0.108. The molecule has 0 aromatic heterocycles. The van der Waals surface area contributed by atoms with Crippen LogP contribution in [0.4, 0.5) is 8.78 Å². The molecule has 0 saturated carbocycles. The molecule has 0 radical (unpaired) electrons. The van der Waals surface area contributed by atoms with Gasteiger partial charge in [0.1, 0.15) is 11.6 Å². The second-order valence-corrected chi connectivity index (χ2v) is 5.18. The van der Waals surface area contributed by atoms with Gasteiger partial charge in [0.05, 0.1) is 12.1 Å². The van der Waals surface area contributed by atoms with Crippen LogP contribution in [0.25, 0.3) is 0 Å². The molecule has 0 amide bonds. The van der Waals surface area contributed by atoms with Crippen LogP contribution in [0.2, 0.25) is 0 Å². The average Bonchev–Trinajstić information content (AvgIpc) is 2.86. The van der Waals surface area contributed by atoms with E-state index in [1.165, 1.54) is 0 Å². The number of likely N-dealkylation sites (tertiary alicyclic amines) is 1. The molecule has 1 unspecified atom stereocenters. The molecule has 1 N–H and O–H groups in total. The molecule has 3 nitrogen and oxygen atoms in total. The lowest BCUT2D eigenvalue weighted by atomic mass is 10.1. The Morgan fingerprint density at radius 3 is 2.95 bits per heavy atom. The predicted octanol–water partition coefficient (Wildman–Crippen LogP) is 2.38. The Balaban J connectivity index is 2.01. The molecule has 0 aliphatic carbocycles. The SMILES string of the molecule is O=C(CN1CCCC1CCCO)c1cc(F)ccc1F. The molecule has 2 rings (SSSR count). The number of hydrogen-bond donors (Lipinski definition) is 1. The Hall–Kier alpha value is -1.33. The molecule has 0 bridgehead atoms. The van der Waals surface area contributed by atoms with Gasteiger partial charge in [0.15, 0.2) is 5.78 Å². The summed E-state index contributed by atoms with van der Waals surface area (Å²) in [6.45, 7) is 1.03. The standard InChI is InChI=1S/C15H19F2NO2/c16-11-5-6-14(17)13(9-11)15(20)10-18-7-1-3-12(18)4-2-8-19/h5-6,9,12,19H,1-4,7-8,10H2. The molecule has 5 heteroatoms. The fraction of sp³-hybridized carbons (Fsp3) is 0.533. The van der Waals surface area contributed by atoms with Gasteiger partial charge in [-0.3, -0.25) is 9.69 Å². The van der Waals surface area contributed by atoms with Crippen LogP contribution in [-0.4, -0.2) is 41.5 Å². The molecule has 1 aliphatic heterocycles. The molecule has 110 valence electrons. The largest absolute Gasteiger partial charge is 0.396 e. The van der Waals surface area contributed by atoms with E-state index < -0.39 is 17.4 Å². The van der Waals surface area contributed by atoms with Crippen LogP contribution in [0.1, 0.15) is 36.0 Å². The first kappa shape index (κ1) is 15.1. The third-order valence-corrected chi connectivity index (χ3v) is 3.77. The smallest absolute Gasteiger partial charge is 0.179 e. The number of aliphatic hydroxyl groups excluding tert-OH is 1. The topological polar surface area (TPSA) is 40.5 Å². The maximum atomic E-state index is 13.6. The van der Waals surface area contributed by atoms with Crippen LogP contribution >= 0.6 is 0 Å². The zero-order valence-electron chi connectivity index (χ0n) is 11.3. The minimum Gasteiger partial charge on any atom is -0.396 e. The number of Topliss-reactive ketones (excluding diaryl/α,β-unsaturated/α-hetero) is 1. The van der Waals surface area contributed by atoms with Gasteiger partial charge in [-0.25, -0.2) is 8.78 Å². The first-order chi connectivity index (χ1) is 9.61. The highest BCUT2D eigenvalue weighted by Crippen LogP contribution is 2.22. The number of nitrogens with zero attached hydrogens (tertiary/aromatic N) is 1. The molecule has 1 atom stereocenters. The Morgan fingerprint density at radius 1 is 1.40 bits per heavy atom. The van der Waals surface area contributed by atoms with Gasteiger partial charge in [0, 0.05) is 12.6 Å². The van der Waals surface area contributed by atoms with Crippen molar-refractivity contribution in [3.05, 3.63) is 35.4 Å². The number of halogens is 2. The van der Waals surface area contributed by atoms with Crippen molar-refractivity contribution in [2.45, 2.75) is 31.7 Å². The molecule has 1 aromatic carbocycles. The van der Waals surface area contributed by atoms with Crippen LogP contribution in [-0.2, 0) is 0 Å². The van der Waals surface area contributed by atoms with Gasteiger partial charge in [-0.2, -0.15) is 0 Å². The lowest BCUT2D eigenvalue weighted by molar-refractivity contribution is 0.0911. The molecule has 1 saturated heterocycles. The van der Waals surface area contributed by atoms with E-state index in [0.29, 0.717) is 6.42 Å². The zero-order valence-corrected chi connectivity index (χ0v) is 11.3. The van der Waals surface area contributed by atoms with Crippen LogP contribution in [0.3, 0.4) is 0 Å². The highest BCUT2D eigenvalue weighted by Gasteiger charge is 2.26. The van der Waals surface area contributed by atoms with Crippen molar-refractivity contribution in [2.75, 3.05) is 19.7 Å². The summed E-state index contributed by atoms with van der Waals surface area (Å²) in [7, 11) is 0. The van der Waals surface area contributed by atoms with Gasteiger partial charge in [0.25, 0.3) is 0 Å². The van der Waals surface area contributed by atoms with E-state index in [2.05, 4.69) is 0 Å². The quantitative estimate of drug-likeness (QED) is 0.815. The molecule has 0 spiro atoms. The molecule has 1 fully saturated rings. The Kier molecular flexibility index (Phi) is 5.20. The minimum atomic E-state index is -0.678. The predicted molar refractivity (Wildman–Crippen MR) is 71.6 cm³/mol. The number of benzene rings is 1. The summed E-state index contributed by atoms with van der Waals surface area (Å²) in [4.78, 5) is 14.1. The fourth-order valence-electron chi connectivity index (χ4n) is 2.74. The van der Waals surface area contributed by atoms with Crippen molar-refractivity contribution in [2.24, 2.45) is 0 Å². The van der Waals surface area contributed by atoms with Crippen molar-refractivity contribution >= 4 is 5.78 Å². The van der Waals surface area contributed by atoms with E-state index in [9.17, 15) is 13.6 Å². The fourth-order valence-corrected chi connectivity index (χ4v) is 2.74. The van der Waals surface area contributed by atoms with Gasteiger partial charge in [-0.05, 0) is 50.4 Å². The summed E-state index contributed by atoms with van der Waals surface area (Å²) in [6, 6.07) is 3.20. The maximum Gasteiger partial charge on any atom is 0.179 e. The van der Waals surface area contributed by atoms with E-state index in [0.717, 1.165) is 44.0 Å². The summed E-state index contributed by atoms with van der Waals surface area (Å²) in [6.07, 6.45) is 3.51. The van der Waals surface area contributed by atoms with E-state index in [1.54, 1.807) is 0 Å². The lowest BCUT2D eigenvalue weighted by Gasteiger charge is -2.23. The zero-order chi connectivity index (χ0) is 14.5. The molecule has 1 aliphatic rings. The van der Waals surface area contributed by atoms with Gasteiger partial charge in [0.2, 0.25) is 0 Å². The Morgan fingerprint density at radius 2 is 2.20 bits per heavy atom. The summed E-state index contributed by atoms with van der Waals surface area (Å²) in [5.41, 5.74) is -0.183. The van der Waals surface area contributed by atoms with Crippen LogP contribution in [0, 0.1) is 11.6 Å². The van der Waals surface area contributed by atoms with Crippen LogP contribution in [0.5, 0.6) is 0 Å². The van der Waals surface area contributed by atoms with Crippen LogP contribution < -0.4 is 0 Å². The summed E-state index contributed by atoms with van der Waals surface area (Å²) < 4.78 is 26.7. The number of aliphatic hydroxyl groups is 1. The first-order valence-corrected chi connectivity index (χ1v) is 6.95. The van der Waals surface area contributed by atoms with E-state index in [-0.39, 0.29) is 24.8 Å². The van der Waals surface area contributed by atoms with E-state index in [4.69, 9.17) is 5.11 Å². The normalized spacial score (nSPS) is 19.4. The molecular weight excluding hydrogens is 264 g/mol. The number of hydrogen-bond acceptors (Lipinski definition) is 3. The highest BCUT2D eigenvalue weighted by molar-refractivity contribution is 5.97. The maximum absolute atomic E-state index is 13.6. The highest BCUT2D eigenvalue weighted by atomic mass is 19.1. The number of rotatable bonds is 6. The van der Waals surface area contributed by atoms with Crippen LogP contribution in [0.15, 0.2) is 18.2 Å². The molecule has 20 heavy (non-hydrogen) atoms. The molecule has 1 heterocycles. The Bertz CT molecular complexity index is 479. The van der Waals surface area contributed by atoms with Gasteiger partial charge in [-0.15, -0.1) is 0 Å². The number of carbonyl (C=O) groups is 1. The second-order valence-electron chi connectivity index (χ2n) is 5.18. The second kappa shape index (κ2) is 6.90. The van der Waals surface area contributed by atoms with E-state index in [1.807, 2.05) is 4.90 Å². The van der Waals surface area contributed by atoms with Crippen molar-refractivity contribution in [3.63, 3.8) is 0 Å². The summed E-state index contributed by atoms with van der Waals surface area (Å²) in [5.74, 6) is -1.67. The van der Waals surface area contributed by atoms with Crippen molar-refractivity contribution in [3.8, 4) is 0 Å². The lowest BCUT2D eigenvalue weighted by Crippen LogP contribution is -2.34. The Labute approximate surface area is 117 Å². The van der Waals surface area contributed by atoms with Crippen molar-refractivity contribution < 1.29 is 18.7 Å². The van der Waals surface area contributed by atoms with Crippen molar-refractivity contribution in [1.82, 2.24) is 4.90 Å². The van der Waals surface area contributed by atoms with E-state index >= 15 is 0 Å². The monoisotopic (exact) mass is 283 g/mol. The van der Waals surface area contributed by atoms with Gasteiger partial charge >= 0.3 is 0 Å². The number of ketones is 1.